The van der Waals surface area contributed by atoms with E-state index in [2.05, 4.69) is 15.4 Å². The molecule has 0 aliphatic carbocycles. The molecule has 3 rings (SSSR count). The standard InChI is InChI=1S/C14H13N5O/c1-18-9-5-8-12(18)13(20)10-19-16-14(15-17-19)11-6-3-2-4-7-11/h2-9H,10H2,1H3. The molecule has 20 heavy (non-hydrogen) atoms. The maximum Gasteiger partial charge on any atom is 0.204 e. The summed E-state index contributed by atoms with van der Waals surface area (Å²) in [5, 5.41) is 12.1. The molecule has 0 radical (unpaired) electrons. The first-order chi connectivity index (χ1) is 9.74. The van der Waals surface area contributed by atoms with Crippen LogP contribution in [-0.4, -0.2) is 30.6 Å². The fourth-order valence-corrected chi connectivity index (χ4v) is 1.97. The first-order valence-electron chi connectivity index (χ1n) is 6.22. The molecule has 2 heterocycles. The Labute approximate surface area is 115 Å². The molecule has 0 saturated carbocycles. The highest BCUT2D eigenvalue weighted by atomic mass is 16.1. The number of nitrogens with zero attached hydrogens (tertiary/aromatic N) is 5. The predicted octanol–water partition coefficient (Wildman–Crippen LogP) is 1.56. The third-order valence-corrected chi connectivity index (χ3v) is 3.00. The molecule has 0 N–H and O–H groups in total. The highest BCUT2D eigenvalue weighted by molar-refractivity contribution is 5.94. The van der Waals surface area contributed by atoms with E-state index in [9.17, 15) is 4.79 Å². The van der Waals surface area contributed by atoms with E-state index in [0.29, 0.717) is 11.5 Å². The highest BCUT2D eigenvalue weighted by Crippen LogP contribution is 2.12. The molecule has 1 aromatic carbocycles. The van der Waals surface area contributed by atoms with E-state index in [1.165, 1.54) is 4.80 Å². The van der Waals surface area contributed by atoms with Gasteiger partial charge in [0.15, 0.2) is 0 Å². The van der Waals surface area contributed by atoms with Crippen molar-refractivity contribution in [1.29, 1.82) is 0 Å². The van der Waals surface area contributed by atoms with Crippen LogP contribution in [-0.2, 0) is 13.6 Å². The monoisotopic (exact) mass is 267 g/mol. The van der Waals surface area contributed by atoms with Gasteiger partial charge in [0.25, 0.3) is 0 Å². The summed E-state index contributed by atoms with van der Waals surface area (Å²) >= 11 is 0. The van der Waals surface area contributed by atoms with Crippen molar-refractivity contribution in [3.8, 4) is 11.4 Å². The van der Waals surface area contributed by atoms with E-state index < -0.39 is 0 Å². The Hall–Kier alpha value is -2.76. The maximum absolute atomic E-state index is 12.1. The summed E-state index contributed by atoms with van der Waals surface area (Å²) in [5.41, 5.74) is 1.51. The van der Waals surface area contributed by atoms with Crippen LogP contribution in [0, 0.1) is 0 Å². The molecule has 0 amide bonds. The van der Waals surface area contributed by atoms with Crippen molar-refractivity contribution in [2.24, 2.45) is 7.05 Å². The smallest absolute Gasteiger partial charge is 0.204 e. The number of ketones is 1. The van der Waals surface area contributed by atoms with Gasteiger partial charge in [0, 0.05) is 18.8 Å². The van der Waals surface area contributed by atoms with Crippen LogP contribution < -0.4 is 0 Å². The molecule has 3 aromatic rings. The zero-order valence-corrected chi connectivity index (χ0v) is 11.0. The molecule has 0 spiro atoms. The van der Waals surface area contributed by atoms with Crippen LogP contribution in [0.15, 0.2) is 48.7 Å². The van der Waals surface area contributed by atoms with Crippen molar-refractivity contribution in [1.82, 2.24) is 24.8 Å². The molecule has 2 aromatic heterocycles. The average molecular weight is 267 g/mol. The molecular weight excluding hydrogens is 254 g/mol. The van der Waals surface area contributed by atoms with E-state index in [4.69, 9.17) is 0 Å². The molecule has 0 fully saturated rings. The first-order valence-corrected chi connectivity index (χ1v) is 6.22. The van der Waals surface area contributed by atoms with Gasteiger partial charge in [0.1, 0.15) is 6.54 Å². The second-order valence-electron chi connectivity index (χ2n) is 4.44. The second kappa shape index (κ2) is 5.08. The molecule has 100 valence electrons. The molecule has 0 unspecified atom stereocenters. The van der Waals surface area contributed by atoms with Crippen LogP contribution in [0.25, 0.3) is 11.4 Å². The van der Waals surface area contributed by atoms with Crippen LogP contribution in [0.2, 0.25) is 0 Å². The fourth-order valence-electron chi connectivity index (χ4n) is 1.97. The maximum atomic E-state index is 12.1. The molecule has 0 atom stereocenters. The molecule has 0 aliphatic heterocycles. The minimum Gasteiger partial charge on any atom is -0.348 e. The van der Waals surface area contributed by atoms with Crippen molar-refractivity contribution >= 4 is 5.78 Å². The number of carbonyl (C=O) groups excluding carboxylic acids is 1. The Bertz CT molecular complexity index is 729. The third kappa shape index (κ3) is 2.35. The number of Topliss-reactive ketones (excluding diaryl/α,β-unsaturated/α-hetero) is 1. The number of hydrogen-bond acceptors (Lipinski definition) is 4. The van der Waals surface area contributed by atoms with Gasteiger partial charge in [-0.05, 0) is 17.3 Å². The van der Waals surface area contributed by atoms with Crippen LogP contribution >= 0.6 is 0 Å². The Kier molecular flexibility index (Phi) is 3.12. The molecule has 6 heteroatoms. The Morgan fingerprint density at radius 2 is 1.95 bits per heavy atom. The van der Waals surface area contributed by atoms with E-state index in [1.54, 1.807) is 10.6 Å². The van der Waals surface area contributed by atoms with Crippen LogP contribution in [0.5, 0.6) is 0 Å². The number of tetrazole rings is 1. The number of hydrogen-bond donors (Lipinski definition) is 0. The van der Waals surface area contributed by atoms with Gasteiger partial charge in [-0.3, -0.25) is 4.79 Å². The summed E-state index contributed by atoms with van der Waals surface area (Å²) in [7, 11) is 1.83. The first kappa shape index (κ1) is 12.3. The van der Waals surface area contributed by atoms with Crippen LogP contribution in [0.4, 0.5) is 0 Å². The fraction of sp³-hybridized carbons (Fsp3) is 0.143. The second-order valence-corrected chi connectivity index (χ2v) is 4.44. The third-order valence-electron chi connectivity index (χ3n) is 3.00. The normalized spacial score (nSPS) is 10.7. The van der Waals surface area contributed by atoms with Gasteiger partial charge in [-0.1, -0.05) is 30.3 Å². The lowest BCUT2D eigenvalue weighted by Crippen LogP contribution is -2.15. The summed E-state index contributed by atoms with van der Waals surface area (Å²) in [6.45, 7) is 0.0810. The number of rotatable bonds is 4. The molecule has 6 nitrogen and oxygen atoms in total. The highest BCUT2D eigenvalue weighted by Gasteiger charge is 2.12. The molecule has 0 saturated heterocycles. The Morgan fingerprint density at radius 3 is 2.65 bits per heavy atom. The van der Waals surface area contributed by atoms with Gasteiger partial charge >= 0.3 is 0 Å². The number of aryl methyl sites for hydroxylation is 1. The zero-order valence-electron chi connectivity index (χ0n) is 11.0. The van der Waals surface area contributed by atoms with Gasteiger partial charge < -0.3 is 4.57 Å². The van der Waals surface area contributed by atoms with Crippen molar-refractivity contribution in [3.63, 3.8) is 0 Å². The zero-order chi connectivity index (χ0) is 13.9. The summed E-state index contributed by atoms with van der Waals surface area (Å²) < 4.78 is 1.78. The quantitative estimate of drug-likeness (QED) is 0.673. The molecule has 0 bridgehead atoms. The number of aromatic nitrogens is 5. The lowest BCUT2D eigenvalue weighted by molar-refractivity contribution is 0.0953. The van der Waals surface area contributed by atoms with Gasteiger partial charge in [-0.25, -0.2) is 0 Å². The summed E-state index contributed by atoms with van der Waals surface area (Å²) in [4.78, 5) is 13.4. The van der Waals surface area contributed by atoms with Crippen molar-refractivity contribution in [2.75, 3.05) is 0 Å². The van der Waals surface area contributed by atoms with Gasteiger partial charge in [-0.15, -0.1) is 10.2 Å². The summed E-state index contributed by atoms with van der Waals surface area (Å²) in [6.07, 6.45) is 1.83. The Morgan fingerprint density at radius 1 is 1.15 bits per heavy atom. The summed E-state index contributed by atoms with van der Waals surface area (Å²) in [5.74, 6) is 0.472. The minimum absolute atomic E-state index is 0.0467. The van der Waals surface area contributed by atoms with Crippen molar-refractivity contribution in [2.45, 2.75) is 6.54 Å². The van der Waals surface area contributed by atoms with Gasteiger partial charge in [0.05, 0.1) is 5.69 Å². The lowest BCUT2D eigenvalue weighted by atomic mass is 10.2. The van der Waals surface area contributed by atoms with E-state index in [0.717, 1.165) is 5.56 Å². The SMILES string of the molecule is Cn1cccc1C(=O)Cn1nnc(-c2ccccc2)n1. The van der Waals surface area contributed by atoms with Crippen LogP contribution in [0.3, 0.4) is 0 Å². The molecule has 0 aliphatic rings. The van der Waals surface area contributed by atoms with E-state index in [-0.39, 0.29) is 12.3 Å². The van der Waals surface area contributed by atoms with Crippen molar-refractivity contribution < 1.29 is 4.79 Å². The lowest BCUT2D eigenvalue weighted by Gasteiger charge is -2.01. The van der Waals surface area contributed by atoms with Gasteiger partial charge in [-0.2, -0.15) is 4.80 Å². The van der Waals surface area contributed by atoms with E-state index >= 15 is 0 Å². The predicted molar refractivity (Wildman–Crippen MR) is 73.0 cm³/mol. The van der Waals surface area contributed by atoms with Gasteiger partial charge in [0.2, 0.25) is 11.6 Å². The van der Waals surface area contributed by atoms with E-state index in [1.807, 2.05) is 49.6 Å². The largest absolute Gasteiger partial charge is 0.348 e. The number of benzene rings is 1. The Balaban J connectivity index is 1.78. The summed E-state index contributed by atoms with van der Waals surface area (Å²) in [6, 6.07) is 13.2. The van der Waals surface area contributed by atoms with Crippen molar-refractivity contribution in [3.05, 3.63) is 54.4 Å². The topological polar surface area (TPSA) is 65.6 Å². The minimum atomic E-state index is -0.0467. The molecular formula is C14H13N5O. The van der Waals surface area contributed by atoms with Crippen LogP contribution in [0.1, 0.15) is 10.5 Å². The average Bonchev–Trinajstić information content (AvgIpc) is 3.09. The number of carbonyl (C=O) groups is 1.